The molecule has 0 spiro atoms. The molecule has 0 N–H and O–H groups in total. The van der Waals surface area contributed by atoms with Crippen molar-refractivity contribution in [1.29, 1.82) is 0 Å². The Bertz CT molecular complexity index is 788. The largest absolute Gasteiger partial charge is 0.450 e. The van der Waals surface area contributed by atoms with Gasteiger partial charge in [-0.1, -0.05) is 42.5 Å². The van der Waals surface area contributed by atoms with Crippen molar-refractivity contribution >= 4 is 12.0 Å². The normalized spacial score (nSPS) is 26.1. The highest BCUT2D eigenvalue weighted by atomic mass is 16.6. The Morgan fingerprint density at radius 2 is 1.87 bits per heavy atom. The van der Waals surface area contributed by atoms with Crippen LogP contribution < -0.4 is 0 Å². The molecule has 1 aromatic carbocycles. The van der Waals surface area contributed by atoms with Crippen molar-refractivity contribution in [3.63, 3.8) is 0 Å². The van der Waals surface area contributed by atoms with Crippen molar-refractivity contribution in [2.75, 3.05) is 33.4 Å². The van der Waals surface area contributed by atoms with Crippen LogP contribution in [0.25, 0.3) is 0 Å². The van der Waals surface area contributed by atoms with Crippen LogP contribution in [0.5, 0.6) is 0 Å². The minimum atomic E-state index is -0.599. The summed E-state index contributed by atoms with van der Waals surface area (Å²) in [5.74, 6) is 1.80. The van der Waals surface area contributed by atoms with Crippen LogP contribution in [-0.4, -0.2) is 61.2 Å². The molecule has 0 radical (unpaired) electrons. The lowest BCUT2D eigenvalue weighted by Crippen LogP contribution is -2.51. The van der Waals surface area contributed by atoms with Gasteiger partial charge in [0.05, 0.1) is 6.61 Å². The minimum Gasteiger partial charge on any atom is -0.450 e. The van der Waals surface area contributed by atoms with Crippen molar-refractivity contribution in [1.82, 2.24) is 9.80 Å². The molecule has 6 heteroatoms. The van der Waals surface area contributed by atoms with Crippen molar-refractivity contribution in [3.05, 3.63) is 48.0 Å². The second-order valence-electron chi connectivity index (χ2n) is 8.97. The number of ether oxygens (including phenoxy) is 2. The number of carbonyl (C=O) groups excluding carboxylic acids is 2. The van der Waals surface area contributed by atoms with Crippen molar-refractivity contribution in [3.8, 4) is 0 Å². The van der Waals surface area contributed by atoms with Gasteiger partial charge in [-0.25, -0.2) is 4.79 Å². The third kappa shape index (κ3) is 4.79. The van der Waals surface area contributed by atoms with E-state index in [0.29, 0.717) is 37.5 Å². The number of methoxy groups -OCH3 is 1. The summed E-state index contributed by atoms with van der Waals surface area (Å²) >= 11 is 0. The van der Waals surface area contributed by atoms with Gasteiger partial charge in [0, 0.05) is 32.8 Å². The van der Waals surface area contributed by atoms with Crippen LogP contribution >= 0.6 is 0 Å². The molecule has 2 fully saturated rings. The van der Waals surface area contributed by atoms with Crippen LogP contribution in [0.15, 0.2) is 42.5 Å². The summed E-state index contributed by atoms with van der Waals surface area (Å²) in [6.07, 6.45) is 7.76. The molecule has 2 bridgehead atoms. The Balaban J connectivity index is 1.50. The van der Waals surface area contributed by atoms with E-state index < -0.39 is 6.10 Å². The lowest BCUT2D eigenvalue weighted by molar-refractivity contribution is -0.146. The number of carbonyl (C=O) groups is 2. The van der Waals surface area contributed by atoms with Crippen molar-refractivity contribution < 1.29 is 19.1 Å². The molecule has 3 aliphatic rings. The van der Waals surface area contributed by atoms with E-state index in [2.05, 4.69) is 17.1 Å². The average molecular weight is 427 g/mol. The second kappa shape index (κ2) is 9.86. The SMILES string of the molecule is CCOC(=O)N1CCC(N(C[C@@H]2C[C@H]3C=C[C@H]2C3)C(=O)[C@H](OC)c2ccccc2)CC1. The first-order valence-electron chi connectivity index (χ1n) is 11.6. The van der Waals surface area contributed by atoms with Gasteiger partial charge in [0.1, 0.15) is 0 Å². The molecular formula is C25H34N2O4. The van der Waals surface area contributed by atoms with Crippen LogP contribution in [0.1, 0.15) is 44.3 Å². The van der Waals surface area contributed by atoms with Gasteiger partial charge in [-0.05, 0) is 55.9 Å². The van der Waals surface area contributed by atoms with E-state index in [1.807, 2.05) is 37.3 Å². The number of likely N-dealkylation sites (tertiary alicyclic amines) is 1. The maximum absolute atomic E-state index is 13.8. The highest BCUT2D eigenvalue weighted by Gasteiger charge is 2.40. The molecule has 4 rings (SSSR count). The Morgan fingerprint density at radius 1 is 1.13 bits per heavy atom. The van der Waals surface area contributed by atoms with Crippen LogP contribution in [-0.2, 0) is 14.3 Å². The lowest BCUT2D eigenvalue weighted by Gasteiger charge is -2.41. The number of hydrogen-bond acceptors (Lipinski definition) is 4. The molecule has 168 valence electrons. The van der Waals surface area contributed by atoms with Gasteiger partial charge in [-0.2, -0.15) is 0 Å². The number of piperidine rings is 1. The maximum Gasteiger partial charge on any atom is 0.409 e. The van der Waals surface area contributed by atoms with Gasteiger partial charge in [-0.15, -0.1) is 0 Å². The highest BCUT2D eigenvalue weighted by Crippen LogP contribution is 2.44. The van der Waals surface area contributed by atoms with Gasteiger partial charge in [-0.3, -0.25) is 4.79 Å². The summed E-state index contributed by atoms with van der Waals surface area (Å²) in [6.45, 7) is 4.21. The summed E-state index contributed by atoms with van der Waals surface area (Å²) in [7, 11) is 1.61. The zero-order chi connectivity index (χ0) is 21.8. The number of fused-ring (bicyclic) bond motifs is 2. The Labute approximate surface area is 185 Å². The predicted molar refractivity (Wildman–Crippen MR) is 118 cm³/mol. The molecule has 4 atom stereocenters. The fourth-order valence-corrected chi connectivity index (χ4v) is 5.51. The molecule has 0 aromatic heterocycles. The van der Waals surface area contributed by atoms with Crippen molar-refractivity contribution in [2.45, 2.75) is 44.8 Å². The number of hydrogen-bond donors (Lipinski definition) is 0. The second-order valence-corrected chi connectivity index (χ2v) is 8.97. The predicted octanol–water partition coefficient (Wildman–Crippen LogP) is 4.04. The number of nitrogens with zero attached hydrogens (tertiary/aromatic N) is 2. The number of allylic oxidation sites excluding steroid dienone is 2. The van der Waals surface area contributed by atoms with Crippen LogP contribution in [0.3, 0.4) is 0 Å². The Morgan fingerprint density at radius 3 is 2.45 bits per heavy atom. The first-order chi connectivity index (χ1) is 15.1. The first kappa shape index (κ1) is 21.9. The highest BCUT2D eigenvalue weighted by molar-refractivity contribution is 5.82. The van der Waals surface area contributed by atoms with E-state index in [9.17, 15) is 9.59 Å². The van der Waals surface area contributed by atoms with Crippen molar-refractivity contribution in [2.24, 2.45) is 17.8 Å². The fourth-order valence-electron chi connectivity index (χ4n) is 5.51. The Hall–Kier alpha value is -2.34. The van der Waals surface area contributed by atoms with E-state index >= 15 is 0 Å². The minimum absolute atomic E-state index is 0.0371. The average Bonchev–Trinajstić information content (AvgIpc) is 3.42. The van der Waals surface area contributed by atoms with Crippen LogP contribution in [0.2, 0.25) is 0 Å². The van der Waals surface area contributed by atoms with E-state index in [1.54, 1.807) is 12.0 Å². The lowest BCUT2D eigenvalue weighted by atomic mass is 9.91. The van der Waals surface area contributed by atoms with Gasteiger partial charge < -0.3 is 19.3 Å². The molecule has 1 saturated carbocycles. The van der Waals surface area contributed by atoms with E-state index in [-0.39, 0.29) is 18.0 Å². The van der Waals surface area contributed by atoms with Gasteiger partial charge in [0.25, 0.3) is 5.91 Å². The monoisotopic (exact) mass is 426 g/mol. The van der Waals surface area contributed by atoms with Gasteiger partial charge in [0.15, 0.2) is 6.10 Å². The van der Waals surface area contributed by atoms with E-state index in [1.165, 1.54) is 6.42 Å². The summed E-state index contributed by atoms with van der Waals surface area (Å²) in [6, 6.07) is 9.85. The molecular weight excluding hydrogens is 392 g/mol. The van der Waals surface area contributed by atoms with Gasteiger partial charge >= 0.3 is 6.09 Å². The fraction of sp³-hybridized carbons (Fsp3) is 0.600. The van der Waals surface area contributed by atoms with Crippen LogP contribution in [0.4, 0.5) is 4.79 Å². The smallest absolute Gasteiger partial charge is 0.409 e. The molecule has 2 aliphatic carbocycles. The molecule has 0 unspecified atom stereocenters. The quantitative estimate of drug-likeness (QED) is 0.618. The third-order valence-corrected chi connectivity index (χ3v) is 7.12. The first-order valence-corrected chi connectivity index (χ1v) is 11.6. The molecule has 1 saturated heterocycles. The zero-order valence-electron chi connectivity index (χ0n) is 18.6. The summed E-state index contributed by atoms with van der Waals surface area (Å²) in [5.41, 5.74) is 0.886. The standard InChI is InChI=1S/C25H34N2O4/c1-3-31-25(29)26-13-11-22(12-14-26)27(17-21-16-18-9-10-20(21)15-18)24(28)23(30-2)19-7-5-4-6-8-19/h4-10,18,20-23H,3,11-17H2,1-2H3/t18-,20-,21-,23+/m0/s1. The van der Waals surface area contributed by atoms with Gasteiger partial charge in [0.2, 0.25) is 0 Å². The van der Waals surface area contributed by atoms with Crippen LogP contribution in [0, 0.1) is 17.8 Å². The molecule has 1 aliphatic heterocycles. The molecule has 2 amide bonds. The van der Waals surface area contributed by atoms with E-state index in [4.69, 9.17) is 9.47 Å². The molecule has 1 aromatic rings. The summed E-state index contributed by atoms with van der Waals surface area (Å²) in [5, 5.41) is 0. The number of rotatable bonds is 7. The molecule has 6 nitrogen and oxygen atoms in total. The molecule has 31 heavy (non-hydrogen) atoms. The summed E-state index contributed by atoms with van der Waals surface area (Å²) < 4.78 is 10.9. The summed E-state index contributed by atoms with van der Waals surface area (Å²) in [4.78, 5) is 29.7. The van der Waals surface area contributed by atoms with E-state index in [0.717, 1.165) is 31.4 Å². The Kier molecular flexibility index (Phi) is 6.96. The third-order valence-electron chi connectivity index (χ3n) is 7.12. The maximum atomic E-state index is 13.8. The number of benzene rings is 1. The topological polar surface area (TPSA) is 59.1 Å². The molecule has 1 heterocycles. The number of amides is 2. The zero-order valence-corrected chi connectivity index (χ0v) is 18.6.